The van der Waals surface area contributed by atoms with Crippen LogP contribution in [0, 0.1) is 23.2 Å². The number of likely N-dealkylation sites (N-methyl/N-ethyl adjacent to an activating group) is 2. The lowest BCUT2D eigenvalue weighted by Crippen LogP contribution is -2.59. The van der Waals surface area contributed by atoms with Gasteiger partial charge in [0.05, 0.1) is 17.8 Å². The fraction of sp³-hybridized carbons (Fsp3) is 0.939. The number of aliphatic hydroxyl groups is 1. The molecule has 0 aromatic heterocycles. The third-order valence-corrected chi connectivity index (χ3v) is 10.5. The van der Waals surface area contributed by atoms with Gasteiger partial charge in [0.15, 0.2) is 12.1 Å². The first kappa shape index (κ1) is 36.3. The average molecular weight is 612 g/mol. The summed E-state index contributed by atoms with van der Waals surface area (Å²) in [6, 6.07) is -0.138. The van der Waals surface area contributed by atoms with Crippen molar-refractivity contribution in [1.82, 2.24) is 14.7 Å². The number of cyclic esters (lactones) is 1. The molecule has 3 heterocycles. The molecule has 10 nitrogen and oxygen atoms in total. The van der Waals surface area contributed by atoms with E-state index in [1.165, 1.54) is 0 Å². The maximum Gasteiger partial charge on any atom is 0.319 e. The highest BCUT2D eigenvalue weighted by atomic mass is 16.7. The molecule has 0 amide bonds. The molecule has 0 aliphatic carbocycles. The van der Waals surface area contributed by atoms with E-state index in [-0.39, 0.29) is 36.0 Å². The minimum absolute atomic E-state index is 0.0280. The van der Waals surface area contributed by atoms with Gasteiger partial charge in [-0.15, -0.1) is 0 Å². The van der Waals surface area contributed by atoms with Crippen LogP contribution in [0.4, 0.5) is 0 Å². The number of esters is 1. The monoisotopic (exact) mass is 611 g/mol. The van der Waals surface area contributed by atoms with Crippen molar-refractivity contribution in [3.05, 3.63) is 0 Å². The van der Waals surface area contributed by atoms with Crippen molar-refractivity contribution in [2.24, 2.45) is 23.2 Å². The van der Waals surface area contributed by atoms with Crippen molar-refractivity contribution in [1.29, 1.82) is 0 Å². The summed E-state index contributed by atoms with van der Waals surface area (Å²) >= 11 is 0. The Balaban J connectivity index is 2.02. The fourth-order valence-corrected chi connectivity index (χ4v) is 7.94. The number of likely N-dealkylation sites (tertiary alicyclic amines) is 1. The fourth-order valence-electron chi connectivity index (χ4n) is 7.94. The summed E-state index contributed by atoms with van der Waals surface area (Å²) in [4.78, 5) is 34.7. The smallest absolute Gasteiger partial charge is 0.319 e. The predicted octanol–water partition coefficient (Wildman–Crippen LogP) is 3.05. The lowest BCUT2D eigenvalue weighted by atomic mass is 9.74. The zero-order chi connectivity index (χ0) is 32.4. The first-order valence-electron chi connectivity index (χ1n) is 16.3. The molecule has 43 heavy (non-hydrogen) atoms. The number of methoxy groups -OCH3 is 1. The lowest BCUT2D eigenvalue weighted by Gasteiger charge is -2.47. The SMILES string of the molecule is CO[C@]1(C)C[C@@H](C)CN(C)[C@H](C2CCN(C)CC2)[C@H](C)OC(=O)C(C)(C)C(=O)[C@H](C)[C@H]1O[C@@H]1O[C@H](C)C[C@H](N(C)C)[C@H]1O. The first-order valence-corrected chi connectivity index (χ1v) is 16.3. The zero-order valence-corrected chi connectivity index (χ0v) is 29.0. The molecular weight excluding hydrogens is 550 g/mol. The second kappa shape index (κ2) is 14.5. The minimum Gasteiger partial charge on any atom is -0.460 e. The molecule has 0 spiro atoms. The van der Waals surface area contributed by atoms with E-state index in [2.05, 4.69) is 30.8 Å². The van der Waals surface area contributed by atoms with Gasteiger partial charge in [0.25, 0.3) is 0 Å². The number of aliphatic hydroxyl groups excluding tert-OH is 1. The molecule has 3 fully saturated rings. The molecule has 0 aromatic carbocycles. The Bertz CT molecular complexity index is 939. The quantitative estimate of drug-likeness (QED) is 0.369. The van der Waals surface area contributed by atoms with Crippen LogP contribution in [0.25, 0.3) is 0 Å². The third kappa shape index (κ3) is 8.18. The minimum atomic E-state index is -1.41. The molecule has 0 radical (unpaired) electrons. The molecule has 3 saturated heterocycles. The molecular formula is C33H61N3O7. The van der Waals surface area contributed by atoms with Gasteiger partial charge in [0.2, 0.25) is 0 Å². The van der Waals surface area contributed by atoms with E-state index < -0.39 is 41.4 Å². The Labute approximate surface area is 260 Å². The molecule has 10 atom stereocenters. The number of carbonyl (C=O) groups excluding carboxylic acids is 2. The highest BCUT2D eigenvalue weighted by Crippen LogP contribution is 2.39. The van der Waals surface area contributed by atoms with Crippen LogP contribution in [-0.2, 0) is 28.5 Å². The normalized spacial score (nSPS) is 41.8. The van der Waals surface area contributed by atoms with Crippen molar-refractivity contribution in [3.63, 3.8) is 0 Å². The number of rotatable bonds is 5. The molecule has 0 aromatic rings. The van der Waals surface area contributed by atoms with Crippen LogP contribution in [0.5, 0.6) is 0 Å². The number of nitrogens with zero attached hydrogens (tertiary/aromatic N) is 3. The van der Waals surface area contributed by atoms with Gasteiger partial charge in [-0.2, -0.15) is 0 Å². The molecule has 3 rings (SSSR count). The van der Waals surface area contributed by atoms with E-state index in [0.29, 0.717) is 18.8 Å². The van der Waals surface area contributed by atoms with Crippen LogP contribution in [0.3, 0.4) is 0 Å². The molecule has 0 saturated carbocycles. The van der Waals surface area contributed by atoms with Gasteiger partial charge in [-0.25, -0.2) is 0 Å². The van der Waals surface area contributed by atoms with Gasteiger partial charge in [0.1, 0.15) is 17.6 Å². The van der Waals surface area contributed by atoms with E-state index in [1.54, 1.807) is 27.9 Å². The molecule has 3 aliphatic heterocycles. The predicted molar refractivity (Wildman–Crippen MR) is 167 cm³/mol. The van der Waals surface area contributed by atoms with Gasteiger partial charge in [-0.05, 0) is 113 Å². The molecule has 0 bridgehead atoms. The number of piperidine rings is 1. The summed E-state index contributed by atoms with van der Waals surface area (Å²) in [5.74, 6) is -1.01. The van der Waals surface area contributed by atoms with Crippen LogP contribution >= 0.6 is 0 Å². The number of carbonyl (C=O) groups is 2. The number of ether oxygens (including phenoxy) is 4. The van der Waals surface area contributed by atoms with Crippen LogP contribution in [0.2, 0.25) is 0 Å². The number of hydrogen-bond acceptors (Lipinski definition) is 10. The summed E-state index contributed by atoms with van der Waals surface area (Å²) in [6.07, 6.45) is 0.139. The molecule has 10 heteroatoms. The Hall–Kier alpha value is -1.14. The van der Waals surface area contributed by atoms with E-state index in [0.717, 1.165) is 32.5 Å². The third-order valence-electron chi connectivity index (χ3n) is 10.5. The summed E-state index contributed by atoms with van der Waals surface area (Å²) in [5, 5.41) is 11.3. The van der Waals surface area contributed by atoms with Crippen LogP contribution in [-0.4, -0.2) is 135 Å². The first-order chi connectivity index (χ1) is 19.9. The number of hydrogen-bond donors (Lipinski definition) is 1. The average Bonchev–Trinajstić information content (AvgIpc) is 2.92. The van der Waals surface area contributed by atoms with Crippen LogP contribution in [0.15, 0.2) is 0 Å². The summed E-state index contributed by atoms with van der Waals surface area (Å²) in [6.45, 7) is 16.0. The Morgan fingerprint density at radius 2 is 1.63 bits per heavy atom. The van der Waals surface area contributed by atoms with Gasteiger partial charge < -0.3 is 33.9 Å². The second-order valence-corrected chi connectivity index (χ2v) is 14.9. The van der Waals surface area contributed by atoms with Crippen molar-refractivity contribution in [2.75, 3.05) is 54.9 Å². The van der Waals surface area contributed by atoms with Gasteiger partial charge >= 0.3 is 5.97 Å². The van der Waals surface area contributed by atoms with Crippen LogP contribution in [0.1, 0.15) is 74.1 Å². The lowest BCUT2D eigenvalue weighted by molar-refractivity contribution is -0.295. The maximum atomic E-state index is 14.3. The molecule has 250 valence electrons. The van der Waals surface area contributed by atoms with E-state index in [1.807, 2.05) is 39.8 Å². The zero-order valence-electron chi connectivity index (χ0n) is 29.0. The Morgan fingerprint density at radius 3 is 2.19 bits per heavy atom. The molecule has 0 unspecified atom stereocenters. The standard InChI is InChI=1S/C33H61N3O7/c1-20-18-33(7,40-12)29(43-30-27(37)25(34(8)9)17-21(2)41-30)22(3)28(38)32(5,6)31(39)42-23(4)26(36(11)19-20)24-13-15-35(10)16-14-24/h20-27,29-30,37H,13-19H2,1-12H3/t20-,21-,22+,23+,25+,26+,27-,29-,30+,33-/m1/s1. The summed E-state index contributed by atoms with van der Waals surface area (Å²) < 4.78 is 25.2. The van der Waals surface area contributed by atoms with Crippen molar-refractivity contribution in [2.45, 2.75) is 123 Å². The highest BCUT2D eigenvalue weighted by molar-refractivity contribution is 6.04. The van der Waals surface area contributed by atoms with E-state index >= 15 is 0 Å². The number of ketones is 1. The van der Waals surface area contributed by atoms with Crippen molar-refractivity contribution >= 4 is 11.8 Å². The van der Waals surface area contributed by atoms with Gasteiger partial charge in [-0.1, -0.05) is 13.8 Å². The maximum absolute atomic E-state index is 14.3. The van der Waals surface area contributed by atoms with Crippen LogP contribution < -0.4 is 0 Å². The van der Waals surface area contributed by atoms with E-state index in [4.69, 9.17) is 18.9 Å². The van der Waals surface area contributed by atoms with E-state index in [9.17, 15) is 14.7 Å². The van der Waals surface area contributed by atoms with Gasteiger partial charge in [0, 0.05) is 31.7 Å². The summed E-state index contributed by atoms with van der Waals surface area (Å²) in [7, 11) is 9.77. The molecule has 3 aliphatic rings. The van der Waals surface area contributed by atoms with Crippen molar-refractivity contribution < 1.29 is 33.6 Å². The summed E-state index contributed by atoms with van der Waals surface area (Å²) in [5.41, 5.74) is -2.32. The van der Waals surface area contributed by atoms with Gasteiger partial charge in [-0.3, -0.25) is 14.5 Å². The second-order valence-electron chi connectivity index (χ2n) is 14.9. The highest BCUT2D eigenvalue weighted by Gasteiger charge is 2.52. The topological polar surface area (TPSA) is 101 Å². The van der Waals surface area contributed by atoms with Crippen molar-refractivity contribution in [3.8, 4) is 0 Å². The largest absolute Gasteiger partial charge is 0.460 e. The Morgan fingerprint density at radius 1 is 1.02 bits per heavy atom. The molecule has 1 N–H and O–H groups in total. The Kier molecular flexibility index (Phi) is 12.3. The number of Topliss-reactive ketones (excluding diaryl/α,β-unsaturated/α-hetero) is 1.